The summed E-state index contributed by atoms with van der Waals surface area (Å²) in [5, 5.41) is 4.49. The van der Waals surface area contributed by atoms with Gasteiger partial charge in [-0.25, -0.2) is 4.79 Å². The summed E-state index contributed by atoms with van der Waals surface area (Å²) >= 11 is 1.15. The number of esters is 1. The second-order valence-electron chi connectivity index (χ2n) is 6.36. The number of thiophene rings is 1. The quantitative estimate of drug-likeness (QED) is 0.412. The van der Waals surface area contributed by atoms with Crippen molar-refractivity contribution in [3.8, 4) is 11.5 Å². The minimum Gasteiger partial charge on any atom is -0.490 e. The molecule has 162 valence electrons. The molecule has 9 heteroatoms. The third kappa shape index (κ3) is 6.21. The van der Waals surface area contributed by atoms with E-state index in [1.54, 1.807) is 17.5 Å². The smallest absolute Gasteiger partial charge is 0.339 e. The highest BCUT2D eigenvalue weighted by Gasteiger charge is 2.22. The Morgan fingerprint density at radius 3 is 2.57 bits per heavy atom. The summed E-state index contributed by atoms with van der Waals surface area (Å²) < 4.78 is 16.5. The van der Waals surface area contributed by atoms with Crippen molar-refractivity contribution in [1.82, 2.24) is 0 Å². The third-order valence-electron chi connectivity index (χ3n) is 4.06. The molecule has 30 heavy (non-hydrogen) atoms. The van der Waals surface area contributed by atoms with E-state index in [2.05, 4.69) is 12.2 Å². The first-order valence-electron chi connectivity index (χ1n) is 9.66. The number of unbranched alkanes of at least 4 members (excludes halogenated alkanes) is 1. The summed E-state index contributed by atoms with van der Waals surface area (Å²) in [7, 11) is 0. The molecule has 0 bridgehead atoms. The number of hydrogen-bond acceptors (Lipinski definition) is 7. The fourth-order valence-electron chi connectivity index (χ4n) is 2.44. The van der Waals surface area contributed by atoms with Crippen LogP contribution in [0.2, 0.25) is 0 Å². The van der Waals surface area contributed by atoms with E-state index in [-0.39, 0.29) is 11.1 Å². The minimum atomic E-state index is -1.09. The molecule has 2 amide bonds. The van der Waals surface area contributed by atoms with Crippen LogP contribution < -0.4 is 20.5 Å². The zero-order valence-corrected chi connectivity index (χ0v) is 18.0. The second kappa shape index (κ2) is 11.2. The van der Waals surface area contributed by atoms with Gasteiger partial charge in [-0.3, -0.25) is 9.59 Å². The zero-order valence-electron chi connectivity index (χ0n) is 17.2. The van der Waals surface area contributed by atoms with Gasteiger partial charge in [0.1, 0.15) is 5.00 Å². The third-order valence-corrected chi connectivity index (χ3v) is 4.89. The van der Waals surface area contributed by atoms with Crippen LogP contribution >= 0.6 is 11.3 Å². The van der Waals surface area contributed by atoms with E-state index in [0.29, 0.717) is 29.7 Å². The fraction of sp³-hybridized carbons (Fsp3) is 0.381. The first kappa shape index (κ1) is 23.2. The molecule has 0 fully saturated rings. The Morgan fingerprint density at radius 2 is 1.90 bits per heavy atom. The summed E-state index contributed by atoms with van der Waals surface area (Å²) in [5.74, 6) is -0.923. The van der Waals surface area contributed by atoms with Gasteiger partial charge in [0.25, 0.3) is 11.8 Å². The number of primary amides is 1. The van der Waals surface area contributed by atoms with Crippen molar-refractivity contribution in [1.29, 1.82) is 0 Å². The lowest BCUT2D eigenvalue weighted by Gasteiger charge is -2.15. The van der Waals surface area contributed by atoms with Crippen LogP contribution in [0.15, 0.2) is 29.6 Å². The van der Waals surface area contributed by atoms with E-state index in [1.807, 2.05) is 6.92 Å². The number of nitrogens with one attached hydrogen (secondary N) is 1. The van der Waals surface area contributed by atoms with E-state index in [1.165, 1.54) is 19.1 Å². The van der Waals surface area contributed by atoms with E-state index in [4.69, 9.17) is 19.9 Å². The summed E-state index contributed by atoms with van der Waals surface area (Å²) in [6, 6.07) is 6.24. The second-order valence-corrected chi connectivity index (χ2v) is 7.28. The molecule has 3 N–H and O–H groups in total. The molecular weight excluding hydrogens is 408 g/mol. The Kier molecular flexibility index (Phi) is 8.67. The number of ether oxygens (including phenoxy) is 3. The van der Waals surface area contributed by atoms with Crippen LogP contribution in [0.25, 0.3) is 0 Å². The van der Waals surface area contributed by atoms with Crippen LogP contribution in [-0.2, 0) is 9.53 Å². The molecule has 0 radical (unpaired) electrons. The van der Waals surface area contributed by atoms with E-state index >= 15 is 0 Å². The number of benzene rings is 1. The molecule has 1 heterocycles. The molecule has 0 aliphatic rings. The molecule has 2 aromatic rings. The van der Waals surface area contributed by atoms with Crippen LogP contribution in [0.4, 0.5) is 5.00 Å². The van der Waals surface area contributed by atoms with Gasteiger partial charge in [-0.15, -0.1) is 11.3 Å². The van der Waals surface area contributed by atoms with Gasteiger partial charge in [0.15, 0.2) is 17.6 Å². The lowest BCUT2D eigenvalue weighted by molar-refractivity contribution is -0.123. The Balaban J connectivity index is 2.04. The molecule has 0 saturated carbocycles. The largest absolute Gasteiger partial charge is 0.490 e. The maximum absolute atomic E-state index is 12.5. The van der Waals surface area contributed by atoms with Crippen molar-refractivity contribution in [3.63, 3.8) is 0 Å². The van der Waals surface area contributed by atoms with Crippen LogP contribution in [0, 0.1) is 0 Å². The summed E-state index contributed by atoms with van der Waals surface area (Å²) in [4.78, 5) is 36.2. The van der Waals surface area contributed by atoms with E-state index in [0.717, 1.165) is 24.2 Å². The first-order chi connectivity index (χ1) is 14.4. The molecule has 1 aromatic heterocycles. The fourth-order valence-corrected chi connectivity index (χ4v) is 3.24. The molecular formula is C21H26N2O6S. The highest BCUT2D eigenvalue weighted by Crippen LogP contribution is 2.29. The Hall–Kier alpha value is -3.07. The average molecular weight is 435 g/mol. The van der Waals surface area contributed by atoms with Crippen LogP contribution in [0.1, 0.15) is 54.3 Å². The van der Waals surface area contributed by atoms with E-state index < -0.39 is 23.9 Å². The van der Waals surface area contributed by atoms with Crippen LogP contribution in [0.3, 0.4) is 0 Å². The molecule has 0 aliphatic carbocycles. The van der Waals surface area contributed by atoms with Crippen molar-refractivity contribution >= 4 is 34.1 Å². The summed E-state index contributed by atoms with van der Waals surface area (Å²) in [6.45, 7) is 6.29. The predicted molar refractivity (Wildman–Crippen MR) is 114 cm³/mol. The van der Waals surface area contributed by atoms with Crippen molar-refractivity contribution in [3.05, 3.63) is 40.8 Å². The van der Waals surface area contributed by atoms with Gasteiger partial charge in [0.2, 0.25) is 0 Å². The SMILES string of the molecule is CCCCOc1ccc(C(=O)OC(C)C(=O)Nc2sccc2C(N)=O)cc1OCC. The normalized spacial score (nSPS) is 11.4. The number of carbonyl (C=O) groups is 3. The van der Waals surface area contributed by atoms with Gasteiger partial charge in [-0.1, -0.05) is 13.3 Å². The van der Waals surface area contributed by atoms with Crippen LogP contribution in [0.5, 0.6) is 11.5 Å². The summed E-state index contributed by atoms with van der Waals surface area (Å²) in [6.07, 6.45) is 0.820. The molecule has 1 unspecified atom stereocenters. The summed E-state index contributed by atoms with van der Waals surface area (Å²) in [5.41, 5.74) is 5.70. The first-order valence-corrected chi connectivity index (χ1v) is 10.5. The molecule has 1 atom stereocenters. The molecule has 0 spiro atoms. The van der Waals surface area contributed by atoms with Crippen molar-refractivity contribution < 1.29 is 28.6 Å². The zero-order chi connectivity index (χ0) is 22.1. The number of carbonyl (C=O) groups excluding carboxylic acids is 3. The van der Waals surface area contributed by atoms with Crippen molar-refractivity contribution in [2.24, 2.45) is 5.73 Å². The van der Waals surface area contributed by atoms with Crippen molar-refractivity contribution in [2.45, 2.75) is 39.7 Å². The van der Waals surface area contributed by atoms with Gasteiger partial charge in [-0.2, -0.15) is 0 Å². The van der Waals surface area contributed by atoms with Crippen LogP contribution in [-0.4, -0.2) is 37.1 Å². The standard InChI is InChI=1S/C21H26N2O6S/c1-4-6-10-28-16-8-7-14(12-17(16)27-5-2)21(26)29-13(3)19(25)23-20-15(18(22)24)9-11-30-20/h7-9,11-13H,4-6,10H2,1-3H3,(H2,22,24)(H,23,25). The number of anilines is 1. The number of hydrogen-bond donors (Lipinski definition) is 2. The number of nitrogens with two attached hydrogens (primary N) is 1. The van der Waals surface area contributed by atoms with Gasteiger partial charge in [0, 0.05) is 0 Å². The van der Waals surface area contributed by atoms with Gasteiger partial charge < -0.3 is 25.3 Å². The van der Waals surface area contributed by atoms with Gasteiger partial charge in [-0.05, 0) is 49.9 Å². The van der Waals surface area contributed by atoms with Gasteiger partial charge in [0.05, 0.1) is 24.3 Å². The topological polar surface area (TPSA) is 117 Å². The molecule has 8 nitrogen and oxygen atoms in total. The highest BCUT2D eigenvalue weighted by molar-refractivity contribution is 7.14. The van der Waals surface area contributed by atoms with E-state index in [9.17, 15) is 14.4 Å². The number of rotatable bonds is 11. The Morgan fingerprint density at radius 1 is 1.13 bits per heavy atom. The maximum Gasteiger partial charge on any atom is 0.339 e. The van der Waals surface area contributed by atoms with Gasteiger partial charge >= 0.3 is 5.97 Å². The lowest BCUT2D eigenvalue weighted by atomic mass is 10.2. The molecule has 1 aromatic carbocycles. The minimum absolute atomic E-state index is 0.201. The Bertz CT molecular complexity index is 895. The average Bonchev–Trinajstić information content (AvgIpc) is 3.17. The number of amides is 2. The predicted octanol–water partition coefficient (Wildman–Crippen LogP) is 3.61. The monoisotopic (exact) mass is 434 g/mol. The highest BCUT2D eigenvalue weighted by atomic mass is 32.1. The van der Waals surface area contributed by atoms with Crippen molar-refractivity contribution in [2.75, 3.05) is 18.5 Å². The lowest BCUT2D eigenvalue weighted by Crippen LogP contribution is -2.30. The maximum atomic E-state index is 12.5. The molecule has 2 rings (SSSR count). The molecule has 0 saturated heterocycles. The molecule has 0 aliphatic heterocycles. The Labute approximate surface area is 179 Å².